The second-order valence-corrected chi connectivity index (χ2v) is 7.03. The SMILES string of the molecule is NCc1ccc(OCC(O)CS(=O)C2CCCC2)cc1. The minimum absolute atomic E-state index is 0.181. The molecule has 1 fully saturated rings. The van der Waals surface area contributed by atoms with E-state index in [1.165, 1.54) is 0 Å². The summed E-state index contributed by atoms with van der Waals surface area (Å²) in [6.07, 6.45) is 3.71. The summed E-state index contributed by atoms with van der Waals surface area (Å²) in [6, 6.07) is 7.47. The van der Waals surface area contributed by atoms with Gasteiger partial charge in [0.15, 0.2) is 0 Å². The first-order chi connectivity index (χ1) is 9.69. The molecule has 1 aliphatic carbocycles. The summed E-state index contributed by atoms with van der Waals surface area (Å²) in [6.45, 7) is 0.684. The van der Waals surface area contributed by atoms with Gasteiger partial charge >= 0.3 is 0 Å². The summed E-state index contributed by atoms with van der Waals surface area (Å²) in [4.78, 5) is 0. The molecule has 0 heterocycles. The number of ether oxygens (including phenoxy) is 1. The summed E-state index contributed by atoms with van der Waals surface area (Å²) in [7, 11) is -0.935. The average Bonchev–Trinajstić information content (AvgIpc) is 3.00. The molecule has 0 aliphatic heterocycles. The van der Waals surface area contributed by atoms with Gasteiger partial charge in [-0.15, -0.1) is 0 Å². The van der Waals surface area contributed by atoms with E-state index in [9.17, 15) is 9.32 Å². The lowest BCUT2D eigenvalue weighted by Gasteiger charge is -2.15. The largest absolute Gasteiger partial charge is 0.491 e. The first kappa shape index (κ1) is 15.5. The Labute approximate surface area is 122 Å². The molecule has 20 heavy (non-hydrogen) atoms. The molecule has 0 amide bonds. The molecule has 2 atom stereocenters. The quantitative estimate of drug-likeness (QED) is 0.801. The van der Waals surface area contributed by atoms with Crippen molar-refractivity contribution in [3.05, 3.63) is 29.8 Å². The standard InChI is InChI=1S/C15H23NO3S/c16-9-12-5-7-14(8-6-12)19-10-13(17)11-20(18)15-3-1-2-4-15/h5-8,13,15,17H,1-4,9-11,16H2. The van der Waals surface area contributed by atoms with Crippen molar-refractivity contribution in [2.45, 2.75) is 43.6 Å². The molecule has 5 heteroatoms. The van der Waals surface area contributed by atoms with E-state index in [-0.39, 0.29) is 11.9 Å². The van der Waals surface area contributed by atoms with E-state index >= 15 is 0 Å². The minimum Gasteiger partial charge on any atom is -0.491 e. The number of rotatable bonds is 7. The third kappa shape index (κ3) is 4.58. The van der Waals surface area contributed by atoms with Crippen LogP contribution in [0.3, 0.4) is 0 Å². The zero-order chi connectivity index (χ0) is 14.4. The van der Waals surface area contributed by atoms with Gasteiger partial charge in [-0.2, -0.15) is 0 Å². The lowest BCUT2D eigenvalue weighted by Crippen LogP contribution is -2.28. The summed E-state index contributed by atoms with van der Waals surface area (Å²) in [5.41, 5.74) is 6.56. The molecule has 1 aromatic rings. The van der Waals surface area contributed by atoms with Crippen LogP contribution in [-0.4, -0.2) is 33.0 Å². The Morgan fingerprint density at radius 1 is 1.30 bits per heavy atom. The summed E-state index contributed by atoms with van der Waals surface area (Å²) in [5.74, 6) is 1.01. The Morgan fingerprint density at radius 3 is 2.55 bits per heavy atom. The smallest absolute Gasteiger partial charge is 0.119 e. The minimum atomic E-state index is -0.935. The van der Waals surface area contributed by atoms with E-state index in [0.717, 1.165) is 31.2 Å². The molecule has 1 aromatic carbocycles. The van der Waals surface area contributed by atoms with Crippen molar-refractivity contribution in [2.24, 2.45) is 5.73 Å². The van der Waals surface area contributed by atoms with Crippen LogP contribution in [0.25, 0.3) is 0 Å². The van der Waals surface area contributed by atoms with Gasteiger partial charge in [0.2, 0.25) is 0 Å². The van der Waals surface area contributed by atoms with Gasteiger partial charge in [0.1, 0.15) is 12.4 Å². The second kappa shape index (κ2) is 7.76. The lowest BCUT2D eigenvalue weighted by molar-refractivity contribution is 0.125. The van der Waals surface area contributed by atoms with Crippen LogP contribution in [0.2, 0.25) is 0 Å². The average molecular weight is 297 g/mol. The van der Waals surface area contributed by atoms with Gasteiger partial charge in [0, 0.05) is 22.6 Å². The zero-order valence-electron chi connectivity index (χ0n) is 11.7. The van der Waals surface area contributed by atoms with Gasteiger partial charge in [-0.1, -0.05) is 25.0 Å². The highest BCUT2D eigenvalue weighted by atomic mass is 32.2. The van der Waals surface area contributed by atoms with Crippen molar-refractivity contribution in [1.82, 2.24) is 0 Å². The number of hydrogen-bond acceptors (Lipinski definition) is 4. The number of aliphatic hydroxyl groups excluding tert-OH is 1. The van der Waals surface area contributed by atoms with E-state index < -0.39 is 16.9 Å². The van der Waals surface area contributed by atoms with Gasteiger partial charge in [-0.05, 0) is 30.5 Å². The highest BCUT2D eigenvalue weighted by Gasteiger charge is 2.23. The Bertz CT molecular complexity index is 429. The number of aliphatic hydroxyl groups is 1. The van der Waals surface area contributed by atoms with Crippen LogP contribution in [0.5, 0.6) is 5.75 Å². The van der Waals surface area contributed by atoms with Crippen LogP contribution in [0.4, 0.5) is 0 Å². The van der Waals surface area contributed by atoms with Crippen molar-refractivity contribution in [2.75, 3.05) is 12.4 Å². The monoisotopic (exact) mass is 297 g/mol. The van der Waals surface area contributed by atoms with Gasteiger partial charge in [-0.3, -0.25) is 4.21 Å². The number of nitrogens with two attached hydrogens (primary N) is 1. The summed E-state index contributed by atoms with van der Waals surface area (Å²) < 4.78 is 17.5. The van der Waals surface area contributed by atoms with Crippen LogP contribution in [0.15, 0.2) is 24.3 Å². The molecule has 112 valence electrons. The molecule has 4 nitrogen and oxygen atoms in total. The van der Waals surface area contributed by atoms with Crippen LogP contribution >= 0.6 is 0 Å². The van der Waals surface area contributed by atoms with Crippen molar-refractivity contribution in [1.29, 1.82) is 0 Å². The van der Waals surface area contributed by atoms with E-state index in [4.69, 9.17) is 10.5 Å². The Hall–Kier alpha value is -0.910. The fraction of sp³-hybridized carbons (Fsp3) is 0.600. The maximum Gasteiger partial charge on any atom is 0.119 e. The van der Waals surface area contributed by atoms with Crippen LogP contribution in [0.1, 0.15) is 31.2 Å². The second-order valence-electron chi connectivity index (χ2n) is 5.27. The lowest BCUT2D eigenvalue weighted by atomic mass is 10.2. The highest BCUT2D eigenvalue weighted by Crippen LogP contribution is 2.23. The molecule has 1 saturated carbocycles. The van der Waals surface area contributed by atoms with E-state index in [1.54, 1.807) is 0 Å². The normalized spacial score (nSPS) is 18.9. The fourth-order valence-electron chi connectivity index (χ4n) is 2.44. The van der Waals surface area contributed by atoms with Crippen molar-refractivity contribution >= 4 is 10.8 Å². The zero-order valence-corrected chi connectivity index (χ0v) is 12.5. The van der Waals surface area contributed by atoms with Crippen LogP contribution in [-0.2, 0) is 17.3 Å². The Balaban J connectivity index is 1.73. The maximum atomic E-state index is 12.0. The van der Waals surface area contributed by atoms with Gasteiger partial charge in [0.05, 0.1) is 11.9 Å². The molecule has 0 aromatic heterocycles. The van der Waals surface area contributed by atoms with Crippen LogP contribution in [0, 0.1) is 0 Å². The third-order valence-corrected chi connectivity index (χ3v) is 5.56. The topological polar surface area (TPSA) is 72.6 Å². The molecule has 0 radical (unpaired) electrons. The van der Waals surface area contributed by atoms with E-state index in [1.807, 2.05) is 24.3 Å². The molecule has 2 unspecified atom stereocenters. The molecular formula is C15H23NO3S. The predicted octanol–water partition coefficient (Wildman–Crippen LogP) is 1.58. The van der Waals surface area contributed by atoms with Crippen molar-refractivity contribution < 1.29 is 14.1 Å². The van der Waals surface area contributed by atoms with Gasteiger partial charge in [0.25, 0.3) is 0 Å². The molecule has 2 rings (SSSR count). The number of benzene rings is 1. The fourth-order valence-corrected chi connectivity index (χ4v) is 4.05. The summed E-state index contributed by atoms with van der Waals surface area (Å²) in [5, 5.41) is 10.2. The highest BCUT2D eigenvalue weighted by molar-refractivity contribution is 7.85. The van der Waals surface area contributed by atoms with Gasteiger partial charge < -0.3 is 15.6 Å². The number of hydrogen-bond donors (Lipinski definition) is 2. The molecule has 0 bridgehead atoms. The Morgan fingerprint density at radius 2 is 1.95 bits per heavy atom. The maximum absolute atomic E-state index is 12.0. The molecule has 3 N–H and O–H groups in total. The Kier molecular flexibility index (Phi) is 6.01. The summed E-state index contributed by atoms with van der Waals surface area (Å²) >= 11 is 0. The van der Waals surface area contributed by atoms with Gasteiger partial charge in [-0.25, -0.2) is 0 Å². The molecule has 1 aliphatic rings. The first-order valence-corrected chi connectivity index (χ1v) is 8.54. The van der Waals surface area contributed by atoms with E-state index in [0.29, 0.717) is 18.0 Å². The predicted molar refractivity (Wildman–Crippen MR) is 81.1 cm³/mol. The van der Waals surface area contributed by atoms with Crippen molar-refractivity contribution in [3.63, 3.8) is 0 Å². The van der Waals surface area contributed by atoms with Crippen LogP contribution < -0.4 is 10.5 Å². The third-order valence-electron chi connectivity index (χ3n) is 3.63. The first-order valence-electron chi connectivity index (χ1n) is 7.16. The molecule has 0 spiro atoms. The molecular weight excluding hydrogens is 274 g/mol. The van der Waals surface area contributed by atoms with E-state index in [2.05, 4.69) is 0 Å². The van der Waals surface area contributed by atoms with Crippen molar-refractivity contribution in [3.8, 4) is 5.75 Å². The molecule has 0 saturated heterocycles.